The molecule has 0 unspecified atom stereocenters. The van der Waals surface area contributed by atoms with Crippen molar-refractivity contribution in [1.29, 1.82) is 0 Å². The van der Waals surface area contributed by atoms with E-state index >= 15 is 0 Å². The van der Waals surface area contributed by atoms with Gasteiger partial charge in [0.05, 0.1) is 24.9 Å². The second kappa shape index (κ2) is 8.53. The van der Waals surface area contributed by atoms with Crippen molar-refractivity contribution in [2.24, 2.45) is 0 Å². The zero-order chi connectivity index (χ0) is 21.1. The summed E-state index contributed by atoms with van der Waals surface area (Å²) in [6.07, 6.45) is 1.60. The minimum Gasteiger partial charge on any atom is -0.504 e. The molecule has 0 saturated carbocycles. The molecule has 0 spiro atoms. The van der Waals surface area contributed by atoms with E-state index in [1.807, 2.05) is 19.1 Å². The lowest BCUT2D eigenvalue weighted by molar-refractivity contribution is -0.136. The summed E-state index contributed by atoms with van der Waals surface area (Å²) in [6.45, 7) is 3.90. The van der Waals surface area contributed by atoms with Crippen molar-refractivity contribution in [3.05, 3.63) is 69.3 Å². The van der Waals surface area contributed by atoms with Gasteiger partial charge < -0.3 is 14.6 Å². The third kappa shape index (κ3) is 4.05. The molecule has 1 aliphatic rings. The summed E-state index contributed by atoms with van der Waals surface area (Å²) < 4.78 is 11.2. The molecule has 1 heterocycles. The first-order valence-electron chi connectivity index (χ1n) is 8.94. The first-order valence-corrected chi connectivity index (χ1v) is 9.73. The predicted molar refractivity (Wildman–Crippen MR) is 114 cm³/mol. The van der Waals surface area contributed by atoms with Gasteiger partial charge in [-0.3, -0.25) is 9.69 Å². The first kappa shape index (κ1) is 20.7. The number of phenols is 1. The Morgan fingerprint density at radius 3 is 2.52 bits per heavy atom. The number of methoxy groups -OCH3 is 1. The zero-order valence-electron chi connectivity index (χ0n) is 16.2. The fourth-order valence-corrected chi connectivity index (χ4v) is 3.40. The molecule has 1 aliphatic heterocycles. The van der Waals surface area contributed by atoms with Crippen molar-refractivity contribution in [3.8, 4) is 11.5 Å². The molecular formula is C22H20BrNO5. The number of carbonyl (C=O) groups is 2. The number of phenolic OH excluding ortho intramolecular Hbond substituents is 1. The van der Waals surface area contributed by atoms with Crippen molar-refractivity contribution in [2.75, 3.05) is 18.6 Å². The number of esters is 1. The lowest BCUT2D eigenvalue weighted by atomic mass is 10.0. The van der Waals surface area contributed by atoms with E-state index < -0.39 is 5.97 Å². The van der Waals surface area contributed by atoms with E-state index in [2.05, 4.69) is 15.9 Å². The lowest BCUT2D eigenvalue weighted by Crippen LogP contribution is -2.24. The van der Waals surface area contributed by atoms with Gasteiger partial charge in [0.15, 0.2) is 11.5 Å². The highest BCUT2D eigenvalue weighted by Gasteiger charge is 2.37. The molecule has 1 amide bonds. The predicted octanol–water partition coefficient (Wildman–Crippen LogP) is 4.43. The van der Waals surface area contributed by atoms with E-state index in [1.165, 1.54) is 18.1 Å². The Labute approximate surface area is 177 Å². The number of anilines is 1. The first-order chi connectivity index (χ1) is 13.9. The maximum absolute atomic E-state index is 13.2. The Balaban J connectivity index is 2.11. The van der Waals surface area contributed by atoms with Gasteiger partial charge in [0.1, 0.15) is 0 Å². The highest BCUT2D eigenvalue weighted by molar-refractivity contribution is 9.10. The molecule has 6 nitrogen and oxygen atoms in total. The average molecular weight is 458 g/mol. The van der Waals surface area contributed by atoms with Gasteiger partial charge in [-0.05, 0) is 61.9 Å². The van der Waals surface area contributed by atoms with Crippen molar-refractivity contribution >= 4 is 39.6 Å². The summed E-state index contributed by atoms with van der Waals surface area (Å²) in [6, 6.07) is 12.0. The van der Waals surface area contributed by atoms with E-state index in [1.54, 1.807) is 37.3 Å². The van der Waals surface area contributed by atoms with Crippen LogP contribution in [0.15, 0.2) is 63.8 Å². The molecule has 0 bridgehead atoms. The molecule has 150 valence electrons. The van der Waals surface area contributed by atoms with Gasteiger partial charge in [-0.1, -0.05) is 22.0 Å². The standard InChI is InChI=1S/C22H20BrNO5/c1-4-29-19-12-14(5-10-18(19)25)11-17-20(22(27)28-3)13(2)24(21(17)26)16-8-6-15(23)7-9-16/h5-12,25H,4H2,1-3H3/b17-11-. The highest BCUT2D eigenvalue weighted by atomic mass is 79.9. The average Bonchev–Trinajstić information content (AvgIpc) is 2.94. The minimum absolute atomic E-state index is 0.00292. The molecule has 29 heavy (non-hydrogen) atoms. The van der Waals surface area contributed by atoms with E-state index in [9.17, 15) is 14.7 Å². The summed E-state index contributed by atoms with van der Waals surface area (Å²) in [4.78, 5) is 27.2. The fourth-order valence-electron chi connectivity index (χ4n) is 3.14. The Kier molecular flexibility index (Phi) is 6.08. The van der Waals surface area contributed by atoms with Crippen LogP contribution in [0.2, 0.25) is 0 Å². The minimum atomic E-state index is -0.592. The maximum atomic E-state index is 13.2. The molecule has 0 fully saturated rings. The third-order valence-corrected chi connectivity index (χ3v) is 5.00. The van der Waals surface area contributed by atoms with Crippen LogP contribution in [0.1, 0.15) is 19.4 Å². The quantitative estimate of drug-likeness (QED) is 0.530. The number of hydrogen-bond donors (Lipinski definition) is 1. The summed E-state index contributed by atoms with van der Waals surface area (Å²) in [5, 5.41) is 9.90. The number of halogens is 1. The lowest BCUT2D eigenvalue weighted by Gasteiger charge is -2.18. The molecule has 0 radical (unpaired) electrons. The van der Waals surface area contributed by atoms with Crippen LogP contribution < -0.4 is 9.64 Å². The van der Waals surface area contributed by atoms with Crippen molar-refractivity contribution in [1.82, 2.24) is 0 Å². The number of benzene rings is 2. The van der Waals surface area contributed by atoms with Crippen LogP contribution in [0.25, 0.3) is 6.08 Å². The van der Waals surface area contributed by atoms with Crippen molar-refractivity contribution in [3.63, 3.8) is 0 Å². The van der Waals surface area contributed by atoms with Crippen molar-refractivity contribution in [2.45, 2.75) is 13.8 Å². The van der Waals surface area contributed by atoms with Crippen LogP contribution in [0.3, 0.4) is 0 Å². The second-order valence-electron chi connectivity index (χ2n) is 6.29. The molecule has 0 aromatic heterocycles. The molecular weight excluding hydrogens is 438 g/mol. The summed E-state index contributed by atoms with van der Waals surface area (Å²) >= 11 is 3.38. The fraction of sp³-hybridized carbons (Fsp3) is 0.182. The molecule has 0 saturated heterocycles. The summed E-state index contributed by atoms with van der Waals surface area (Å²) in [7, 11) is 1.28. The summed E-state index contributed by atoms with van der Waals surface area (Å²) in [5.41, 5.74) is 2.15. The number of nitrogens with zero attached hydrogens (tertiary/aromatic N) is 1. The smallest absolute Gasteiger partial charge is 0.340 e. The number of ether oxygens (including phenoxy) is 2. The number of hydrogen-bond acceptors (Lipinski definition) is 5. The van der Waals surface area contributed by atoms with Gasteiger partial charge in [0.25, 0.3) is 5.91 Å². The van der Waals surface area contributed by atoms with Gasteiger partial charge in [-0.15, -0.1) is 0 Å². The van der Waals surface area contributed by atoms with Crippen LogP contribution in [-0.4, -0.2) is 30.7 Å². The van der Waals surface area contributed by atoms with Crippen LogP contribution in [-0.2, 0) is 14.3 Å². The second-order valence-corrected chi connectivity index (χ2v) is 7.20. The largest absolute Gasteiger partial charge is 0.504 e. The number of aromatic hydroxyl groups is 1. The zero-order valence-corrected chi connectivity index (χ0v) is 17.8. The number of amides is 1. The van der Waals surface area contributed by atoms with Gasteiger partial charge in [0, 0.05) is 15.9 Å². The van der Waals surface area contributed by atoms with Crippen LogP contribution >= 0.6 is 15.9 Å². The third-order valence-electron chi connectivity index (χ3n) is 4.47. The Hall–Kier alpha value is -3.06. The van der Waals surface area contributed by atoms with Crippen molar-refractivity contribution < 1.29 is 24.2 Å². The molecule has 7 heteroatoms. The monoisotopic (exact) mass is 457 g/mol. The SMILES string of the molecule is CCOc1cc(/C=C2\C(=O)N(c3ccc(Br)cc3)C(C)=C2C(=O)OC)ccc1O. The van der Waals surface area contributed by atoms with E-state index in [0.717, 1.165) is 4.47 Å². The number of allylic oxidation sites excluding steroid dienone is 1. The highest BCUT2D eigenvalue weighted by Crippen LogP contribution is 2.36. The van der Waals surface area contributed by atoms with Crippen LogP contribution in [0, 0.1) is 0 Å². The Bertz CT molecular complexity index is 1020. The topological polar surface area (TPSA) is 76.1 Å². The molecule has 1 N–H and O–H groups in total. The van der Waals surface area contributed by atoms with Gasteiger partial charge in [-0.25, -0.2) is 4.79 Å². The molecule has 3 rings (SSSR count). The van der Waals surface area contributed by atoms with Gasteiger partial charge in [0.2, 0.25) is 0 Å². The molecule has 0 atom stereocenters. The number of rotatable bonds is 5. The van der Waals surface area contributed by atoms with Crippen LogP contribution in [0.5, 0.6) is 11.5 Å². The molecule has 2 aromatic rings. The maximum Gasteiger partial charge on any atom is 0.340 e. The molecule has 2 aromatic carbocycles. The van der Waals surface area contributed by atoms with E-state index in [0.29, 0.717) is 29.3 Å². The van der Waals surface area contributed by atoms with Gasteiger partial charge >= 0.3 is 5.97 Å². The van der Waals surface area contributed by atoms with Crippen LogP contribution in [0.4, 0.5) is 5.69 Å². The Morgan fingerprint density at radius 1 is 1.21 bits per heavy atom. The molecule has 0 aliphatic carbocycles. The summed E-state index contributed by atoms with van der Waals surface area (Å²) in [5.74, 6) is -0.623. The Morgan fingerprint density at radius 2 is 1.90 bits per heavy atom. The normalized spacial score (nSPS) is 15.2. The number of carbonyl (C=O) groups excluding carboxylic acids is 2. The van der Waals surface area contributed by atoms with E-state index in [-0.39, 0.29) is 22.8 Å². The van der Waals surface area contributed by atoms with Gasteiger partial charge in [-0.2, -0.15) is 0 Å². The van der Waals surface area contributed by atoms with E-state index in [4.69, 9.17) is 9.47 Å².